The Morgan fingerprint density at radius 3 is 2.79 bits per heavy atom. The van der Waals surface area contributed by atoms with Gasteiger partial charge in [-0.15, -0.1) is 0 Å². The number of carbonyl (C=O) groups is 1. The Labute approximate surface area is 167 Å². The van der Waals surface area contributed by atoms with E-state index < -0.39 is 0 Å². The topological polar surface area (TPSA) is 106 Å². The SMILES string of the molecule is COc1cc(-c2ccc3c(n2)C(C)N(c2cnn(CC#N)c2)C3=O)cnc1OC. The Kier molecular flexibility index (Phi) is 4.60. The van der Waals surface area contributed by atoms with Crippen LogP contribution >= 0.6 is 0 Å². The first-order chi connectivity index (χ1) is 14.1. The van der Waals surface area contributed by atoms with E-state index in [1.807, 2.05) is 13.0 Å². The average Bonchev–Trinajstić information content (AvgIpc) is 3.30. The highest BCUT2D eigenvalue weighted by Gasteiger charge is 2.37. The summed E-state index contributed by atoms with van der Waals surface area (Å²) in [6.45, 7) is 2.03. The Balaban J connectivity index is 1.70. The summed E-state index contributed by atoms with van der Waals surface area (Å²) in [4.78, 5) is 23.6. The van der Waals surface area contributed by atoms with Crippen LogP contribution in [0.25, 0.3) is 11.3 Å². The van der Waals surface area contributed by atoms with Crippen molar-refractivity contribution in [2.75, 3.05) is 19.1 Å². The summed E-state index contributed by atoms with van der Waals surface area (Å²) in [7, 11) is 3.07. The van der Waals surface area contributed by atoms with Crippen molar-refractivity contribution in [1.82, 2.24) is 19.7 Å². The number of carbonyl (C=O) groups excluding carboxylic acids is 1. The van der Waals surface area contributed by atoms with Gasteiger partial charge < -0.3 is 9.47 Å². The van der Waals surface area contributed by atoms with E-state index in [0.29, 0.717) is 34.3 Å². The van der Waals surface area contributed by atoms with Gasteiger partial charge in [-0.25, -0.2) is 9.97 Å². The zero-order valence-corrected chi connectivity index (χ0v) is 16.2. The van der Waals surface area contributed by atoms with E-state index in [1.165, 1.54) is 11.8 Å². The molecule has 9 nitrogen and oxygen atoms in total. The molecule has 0 N–H and O–H groups in total. The summed E-state index contributed by atoms with van der Waals surface area (Å²) >= 11 is 0. The predicted octanol–water partition coefficient (Wildman–Crippen LogP) is 2.60. The molecule has 146 valence electrons. The molecule has 1 atom stereocenters. The van der Waals surface area contributed by atoms with Crippen molar-refractivity contribution in [3.63, 3.8) is 0 Å². The highest BCUT2D eigenvalue weighted by atomic mass is 16.5. The van der Waals surface area contributed by atoms with Crippen molar-refractivity contribution in [2.24, 2.45) is 0 Å². The molecule has 4 rings (SSSR count). The number of nitrogens with zero attached hydrogens (tertiary/aromatic N) is 6. The smallest absolute Gasteiger partial charge is 0.260 e. The lowest BCUT2D eigenvalue weighted by molar-refractivity contribution is 0.0992. The molecule has 0 bridgehead atoms. The number of anilines is 1. The zero-order chi connectivity index (χ0) is 20.5. The lowest BCUT2D eigenvalue weighted by Gasteiger charge is -2.19. The molecule has 9 heteroatoms. The number of aromatic nitrogens is 4. The van der Waals surface area contributed by atoms with Crippen molar-refractivity contribution in [3.05, 3.63) is 48.0 Å². The number of hydrogen-bond donors (Lipinski definition) is 0. The number of amides is 1. The Morgan fingerprint density at radius 1 is 1.24 bits per heavy atom. The molecule has 0 aliphatic carbocycles. The highest BCUT2D eigenvalue weighted by Crippen LogP contribution is 2.37. The van der Waals surface area contributed by atoms with Crippen molar-refractivity contribution >= 4 is 11.6 Å². The summed E-state index contributed by atoms with van der Waals surface area (Å²) < 4.78 is 12.0. The second kappa shape index (κ2) is 7.24. The van der Waals surface area contributed by atoms with Gasteiger partial charge in [-0.05, 0) is 25.1 Å². The third kappa shape index (κ3) is 3.04. The number of methoxy groups -OCH3 is 2. The number of hydrogen-bond acceptors (Lipinski definition) is 7. The van der Waals surface area contributed by atoms with Crippen LogP contribution in [0.5, 0.6) is 11.6 Å². The summed E-state index contributed by atoms with van der Waals surface area (Å²) in [6, 6.07) is 7.11. The van der Waals surface area contributed by atoms with Gasteiger partial charge in [0.25, 0.3) is 11.8 Å². The van der Waals surface area contributed by atoms with Crippen molar-refractivity contribution in [1.29, 1.82) is 5.26 Å². The normalized spacial score (nSPS) is 15.2. The van der Waals surface area contributed by atoms with Crippen LogP contribution in [0.15, 0.2) is 36.8 Å². The van der Waals surface area contributed by atoms with E-state index in [-0.39, 0.29) is 18.5 Å². The van der Waals surface area contributed by atoms with Crippen LogP contribution in [0.1, 0.15) is 29.0 Å². The van der Waals surface area contributed by atoms with E-state index in [2.05, 4.69) is 10.1 Å². The first kappa shape index (κ1) is 18.4. The van der Waals surface area contributed by atoms with Crippen LogP contribution in [0.2, 0.25) is 0 Å². The van der Waals surface area contributed by atoms with Gasteiger partial charge in [0.1, 0.15) is 6.54 Å². The average molecular weight is 390 g/mol. The van der Waals surface area contributed by atoms with Crippen LogP contribution in [0.4, 0.5) is 5.69 Å². The third-order valence-corrected chi connectivity index (χ3v) is 4.81. The van der Waals surface area contributed by atoms with Gasteiger partial charge >= 0.3 is 0 Å². The molecular formula is C20H18N6O3. The second-order valence-corrected chi connectivity index (χ2v) is 6.47. The van der Waals surface area contributed by atoms with E-state index in [1.54, 1.807) is 48.8 Å². The lowest BCUT2D eigenvalue weighted by atomic mass is 10.1. The largest absolute Gasteiger partial charge is 0.491 e. The minimum Gasteiger partial charge on any atom is -0.491 e. The van der Waals surface area contributed by atoms with Crippen LogP contribution < -0.4 is 14.4 Å². The molecule has 29 heavy (non-hydrogen) atoms. The van der Waals surface area contributed by atoms with Crippen LogP contribution in [-0.2, 0) is 6.54 Å². The Hall–Kier alpha value is -3.93. The van der Waals surface area contributed by atoms with Gasteiger partial charge in [0.2, 0.25) is 0 Å². The third-order valence-electron chi connectivity index (χ3n) is 4.81. The fraction of sp³-hybridized carbons (Fsp3) is 0.250. The summed E-state index contributed by atoms with van der Waals surface area (Å²) in [5, 5.41) is 13.0. The van der Waals surface area contributed by atoms with Gasteiger partial charge in [0.15, 0.2) is 5.75 Å². The lowest BCUT2D eigenvalue weighted by Crippen LogP contribution is -2.25. The Morgan fingerprint density at radius 2 is 2.07 bits per heavy atom. The molecule has 1 amide bonds. The van der Waals surface area contributed by atoms with Crippen molar-refractivity contribution < 1.29 is 14.3 Å². The summed E-state index contributed by atoms with van der Waals surface area (Å²) in [6.07, 6.45) is 4.92. The highest BCUT2D eigenvalue weighted by molar-refractivity contribution is 6.10. The Bertz CT molecular complexity index is 1130. The molecule has 1 aliphatic rings. The van der Waals surface area contributed by atoms with E-state index in [0.717, 1.165) is 5.56 Å². The van der Waals surface area contributed by atoms with E-state index >= 15 is 0 Å². The second-order valence-electron chi connectivity index (χ2n) is 6.47. The monoisotopic (exact) mass is 390 g/mol. The van der Waals surface area contributed by atoms with Gasteiger partial charge in [0.05, 0.1) is 55.2 Å². The fourth-order valence-corrected chi connectivity index (χ4v) is 3.41. The molecule has 0 saturated carbocycles. The first-order valence-electron chi connectivity index (χ1n) is 8.89. The van der Waals surface area contributed by atoms with Gasteiger partial charge in [0, 0.05) is 18.0 Å². The summed E-state index contributed by atoms with van der Waals surface area (Å²) in [5.41, 5.74) is 3.28. The number of rotatable bonds is 5. The van der Waals surface area contributed by atoms with Gasteiger partial charge in [-0.3, -0.25) is 14.4 Å². The van der Waals surface area contributed by atoms with Crippen molar-refractivity contribution in [2.45, 2.75) is 19.5 Å². The minimum absolute atomic E-state index is 0.123. The van der Waals surface area contributed by atoms with Crippen molar-refractivity contribution in [3.8, 4) is 29.0 Å². The first-order valence-corrected chi connectivity index (χ1v) is 8.89. The number of pyridine rings is 2. The maximum Gasteiger partial charge on any atom is 0.260 e. The van der Waals surface area contributed by atoms with E-state index in [9.17, 15) is 4.79 Å². The van der Waals surface area contributed by atoms with Gasteiger partial charge in [-0.2, -0.15) is 10.4 Å². The molecule has 0 saturated heterocycles. The maximum absolute atomic E-state index is 12.9. The van der Waals surface area contributed by atoms with Crippen LogP contribution in [-0.4, -0.2) is 39.9 Å². The molecule has 0 spiro atoms. The zero-order valence-electron chi connectivity index (χ0n) is 16.2. The predicted molar refractivity (Wildman–Crippen MR) is 104 cm³/mol. The molecule has 3 aromatic heterocycles. The minimum atomic E-state index is -0.273. The molecule has 0 aromatic carbocycles. The van der Waals surface area contributed by atoms with Crippen LogP contribution in [0.3, 0.4) is 0 Å². The molecule has 0 fully saturated rings. The quantitative estimate of drug-likeness (QED) is 0.659. The molecular weight excluding hydrogens is 372 g/mol. The molecule has 0 radical (unpaired) electrons. The standard InChI is InChI=1S/C20H18N6O3/c1-12-18-15(20(27)26(12)14-10-23-25(11-14)7-6-21)4-5-16(24-18)13-8-17(28-2)19(29-3)22-9-13/h4-5,8-12H,7H2,1-3H3. The number of ether oxygens (including phenoxy) is 2. The molecule has 3 aromatic rings. The molecule has 1 aliphatic heterocycles. The van der Waals surface area contributed by atoms with E-state index in [4.69, 9.17) is 19.7 Å². The summed E-state index contributed by atoms with van der Waals surface area (Å²) in [5.74, 6) is 0.748. The number of nitriles is 1. The van der Waals surface area contributed by atoms with Crippen LogP contribution in [0, 0.1) is 11.3 Å². The number of fused-ring (bicyclic) bond motifs is 1. The fourth-order valence-electron chi connectivity index (χ4n) is 3.41. The van der Waals surface area contributed by atoms with Gasteiger partial charge in [-0.1, -0.05) is 0 Å². The molecule has 1 unspecified atom stereocenters. The molecule has 4 heterocycles. The maximum atomic E-state index is 12.9.